The van der Waals surface area contributed by atoms with Crippen LogP contribution in [0.4, 0.5) is 0 Å². The molecule has 0 radical (unpaired) electrons. The first-order valence-electron chi connectivity index (χ1n) is 10.9. The molecule has 0 amide bonds. The third-order valence-electron chi connectivity index (χ3n) is 4.99. The second-order valence-electron chi connectivity index (χ2n) is 7.46. The van der Waals surface area contributed by atoms with Crippen LogP contribution in [0.3, 0.4) is 0 Å². The van der Waals surface area contributed by atoms with Crippen LogP contribution in [0, 0.1) is 30.1 Å². The van der Waals surface area contributed by atoms with E-state index in [0.717, 1.165) is 6.42 Å². The van der Waals surface area contributed by atoms with E-state index in [1.807, 2.05) is 18.0 Å². The molecule has 34 heavy (non-hydrogen) atoms. The summed E-state index contributed by atoms with van der Waals surface area (Å²) in [6.45, 7) is 6.89. The van der Waals surface area contributed by atoms with Crippen molar-refractivity contribution in [2.45, 2.75) is 26.5 Å². The van der Waals surface area contributed by atoms with E-state index in [4.69, 9.17) is 38.1 Å². The number of rotatable bonds is 20. The molecule has 1 aromatic rings. The molecule has 0 N–H and O–H groups in total. The number of hydrogen-bond donors (Lipinski definition) is 0. The van der Waals surface area contributed by atoms with Gasteiger partial charge in [0.05, 0.1) is 39.2 Å². The summed E-state index contributed by atoms with van der Waals surface area (Å²) in [6.07, 6.45) is 13.1. The van der Waals surface area contributed by atoms with Crippen molar-refractivity contribution in [1.82, 2.24) is 19.9 Å². The second-order valence-corrected chi connectivity index (χ2v) is 7.46. The summed E-state index contributed by atoms with van der Waals surface area (Å²) >= 11 is 0. The number of terminal acetylenes is 2. The van der Waals surface area contributed by atoms with Crippen LogP contribution in [0.15, 0.2) is 16.4 Å². The molecule has 13 nitrogen and oxygen atoms in total. The van der Waals surface area contributed by atoms with Gasteiger partial charge in [-0.15, -0.1) is 17.9 Å². The van der Waals surface area contributed by atoms with Gasteiger partial charge >= 0.3 is 0 Å². The Kier molecular flexibility index (Phi) is 15.4. The molecule has 0 aromatic carbocycles. The maximum Gasteiger partial charge on any atom is 0.108 e. The molecule has 1 heterocycles. The zero-order chi connectivity index (χ0) is 24.9. The smallest absolute Gasteiger partial charge is 0.108 e. The Hall–Kier alpha value is -3.28. The monoisotopic (exact) mass is 472 g/mol. The Labute approximate surface area is 200 Å². The van der Waals surface area contributed by atoms with Crippen molar-refractivity contribution in [2.24, 2.45) is 15.6 Å². The summed E-state index contributed by atoms with van der Waals surface area (Å²) in [6, 6.07) is 0. The number of aromatic nitrogens is 3. The molecule has 1 aromatic heterocycles. The van der Waals surface area contributed by atoms with Gasteiger partial charge in [-0.2, -0.15) is 0 Å². The summed E-state index contributed by atoms with van der Waals surface area (Å²) in [5.41, 5.74) is 17.2. The molecule has 0 bridgehead atoms. The zero-order valence-corrected chi connectivity index (χ0v) is 19.6. The minimum Gasteiger partial charge on any atom is -0.374 e. The van der Waals surface area contributed by atoms with Crippen LogP contribution in [0.5, 0.6) is 0 Å². The molecule has 0 aliphatic carbocycles. The number of hydrogen-bond acceptors (Lipinski definition) is 8. The molecule has 184 valence electrons. The van der Waals surface area contributed by atoms with E-state index >= 15 is 0 Å². The van der Waals surface area contributed by atoms with Crippen LogP contribution in [-0.2, 0) is 27.4 Å². The minimum absolute atomic E-state index is 0.216. The van der Waals surface area contributed by atoms with E-state index < -0.39 is 0 Å². The van der Waals surface area contributed by atoms with Crippen LogP contribution < -0.4 is 0 Å². The van der Waals surface area contributed by atoms with Crippen molar-refractivity contribution < 1.29 is 14.2 Å². The second kappa shape index (κ2) is 18.2. The first-order valence-corrected chi connectivity index (χ1v) is 10.9. The molecule has 0 saturated heterocycles. The van der Waals surface area contributed by atoms with Gasteiger partial charge in [0, 0.05) is 48.0 Å². The third kappa shape index (κ3) is 12.1. The minimum atomic E-state index is -0.373. The standard InChI is InChI=1S/C21H32N10O3/c1-4-13-32-17-21(6-3,18-33-14-5-2)19-34-16-20-15-31(29-26-20)12-11-30(9-7-24-27-22)10-8-25-28-23/h1-2,15H,6-14,16-19H2,3H3. The Morgan fingerprint density at radius 3 is 2.15 bits per heavy atom. The predicted octanol–water partition coefficient (Wildman–Crippen LogP) is 2.41. The molecule has 1 rings (SSSR count). The van der Waals surface area contributed by atoms with Gasteiger partial charge in [-0.3, -0.25) is 4.68 Å². The maximum atomic E-state index is 8.46. The Morgan fingerprint density at radius 1 is 1.03 bits per heavy atom. The van der Waals surface area contributed by atoms with E-state index in [1.165, 1.54) is 0 Å². The molecular weight excluding hydrogens is 440 g/mol. The highest BCUT2D eigenvalue weighted by molar-refractivity contribution is 4.91. The van der Waals surface area contributed by atoms with E-state index in [2.05, 4.69) is 42.2 Å². The highest BCUT2D eigenvalue weighted by atomic mass is 16.5. The lowest BCUT2D eigenvalue weighted by Gasteiger charge is -2.31. The lowest BCUT2D eigenvalue weighted by atomic mass is 9.88. The first-order chi connectivity index (χ1) is 16.6. The molecule has 0 fully saturated rings. The van der Waals surface area contributed by atoms with Crippen molar-refractivity contribution in [1.29, 1.82) is 0 Å². The molecule has 13 heteroatoms. The van der Waals surface area contributed by atoms with E-state index in [1.54, 1.807) is 4.68 Å². The van der Waals surface area contributed by atoms with E-state index in [9.17, 15) is 0 Å². The molecular formula is C21H32N10O3. The first kappa shape index (κ1) is 28.8. The van der Waals surface area contributed by atoms with Gasteiger partial charge in [0.2, 0.25) is 0 Å². The molecule has 0 unspecified atom stereocenters. The fourth-order valence-electron chi connectivity index (χ4n) is 3.01. The predicted molar refractivity (Wildman–Crippen MR) is 126 cm³/mol. The average Bonchev–Trinajstić information content (AvgIpc) is 3.30. The zero-order valence-electron chi connectivity index (χ0n) is 19.6. The largest absolute Gasteiger partial charge is 0.374 e. The fraction of sp³-hybridized carbons (Fsp3) is 0.714. The number of nitrogens with zero attached hydrogens (tertiary/aromatic N) is 10. The summed E-state index contributed by atoms with van der Waals surface area (Å²) in [7, 11) is 0. The molecule has 0 saturated carbocycles. The van der Waals surface area contributed by atoms with Gasteiger partial charge in [-0.05, 0) is 17.5 Å². The van der Waals surface area contributed by atoms with Crippen LogP contribution >= 0.6 is 0 Å². The maximum absolute atomic E-state index is 8.46. The van der Waals surface area contributed by atoms with Crippen LogP contribution in [-0.4, -0.2) is 85.7 Å². The molecule has 0 aliphatic heterocycles. The Morgan fingerprint density at radius 2 is 1.62 bits per heavy atom. The third-order valence-corrected chi connectivity index (χ3v) is 4.99. The van der Waals surface area contributed by atoms with Crippen LogP contribution in [0.25, 0.3) is 20.9 Å². The van der Waals surface area contributed by atoms with Crippen molar-refractivity contribution >= 4 is 0 Å². The number of azide groups is 2. The van der Waals surface area contributed by atoms with Crippen LogP contribution in [0.2, 0.25) is 0 Å². The van der Waals surface area contributed by atoms with Crippen molar-refractivity contribution in [3.05, 3.63) is 32.8 Å². The van der Waals surface area contributed by atoms with Crippen molar-refractivity contribution in [3.63, 3.8) is 0 Å². The normalized spacial score (nSPS) is 10.8. The summed E-state index contributed by atoms with van der Waals surface area (Å²) in [5, 5.41) is 15.4. The quantitative estimate of drug-likeness (QED) is 0.0931. The Bertz CT molecular complexity index is 836. The highest BCUT2D eigenvalue weighted by Crippen LogP contribution is 2.24. The molecule has 0 atom stereocenters. The van der Waals surface area contributed by atoms with E-state index in [0.29, 0.717) is 64.8 Å². The summed E-state index contributed by atoms with van der Waals surface area (Å²) in [5.74, 6) is 4.92. The van der Waals surface area contributed by atoms with Gasteiger partial charge < -0.3 is 19.1 Å². The lowest BCUT2D eigenvalue weighted by molar-refractivity contribution is -0.0662. The summed E-state index contributed by atoms with van der Waals surface area (Å²) in [4.78, 5) is 7.55. The SMILES string of the molecule is C#CCOCC(CC)(COCC#C)COCc1cn(CCN(CCN=[N+]=[N-])CCN=[N+]=[N-])nn1. The average molecular weight is 473 g/mol. The van der Waals surface area contributed by atoms with Crippen LogP contribution in [0.1, 0.15) is 19.0 Å². The Balaban J connectivity index is 2.59. The summed E-state index contributed by atoms with van der Waals surface area (Å²) < 4.78 is 18.8. The molecule has 0 aliphatic rings. The van der Waals surface area contributed by atoms with Gasteiger partial charge in [0.25, 0.3) is 0 Å². The molecule has 0 spiro atoms. The van der Waals surface area contributed by atoms with Crippen molar-refractivity contribution in [3.8, 4) is 24.7 Å². The highest BCUT2D eigenvalue weighted by Gasteiger charge is 2.30. The fourth-order valence-corrected chi connectivity index (χ4v) is 3.01. The number of ether oxygens (including phenoxy) is 3. The van der Waals surface area contributed by atoms with Gasteiger partial charge in [-0.25, -0.2) is 0 Å². The lowest BCUT2D eigenvalue weighted by Crippen LogP contribution is -2.37. The topological polar surface area (TPSA) is 159 Å². The van der Waals surface area contributed by atoms with E-state index in [-0.39, 0.29) is 25.2 Å². The van der Waals surface area contributed by atoms with Crippen molar-refractivity contribution in [2.75, 3.05) is 65.8 Å². The van der Waals surface area contributed by atoms with Gasteiger partial charge in [0.15, 0.2) is 0 Å². The van der Waals surface area contributed by atoms with Gasteiger partial charge in [0.1, 0.15) is 18.9 Å². The van der Waals surface area contributed by atoms with Gasteiger partial charge in [-0.1, -0.05) is 34.2 Å².